The van der Waals surface area contributed by atoms with Crippen molar-refractivity contribution in [2.45, 2.75) is 32.4 Å². The van der Waals surface area contributed by atoms with E-state index in [-0.39, 0.29) is 12.6 Å². The van der Waals surface area contributed by atoms with Crippen molar-refractivity contribution in [3.63, 3.8) is 0 Å². The minimum atomic E-state index is -0.464. The number of likely N-dealkylation sites (tertiary alicyclic amines) is 1. The highest BCUT2D eigenvalue weighted by molar-refractivity contribution is 5.75. The molecule has 0 bridgehead atoms. The zero-order valence-corrected chi connectivity index (χ0v) is 12.6. The first-order valence-corrected chi connectivity index (χ1v) is 7.52. The molecule has 1 aliphatic rings. The molecule has 0 radical (unpaired) electrons. The minimum absolute atomic E-state index is 0.0818. The number of carbonyl (C=O) groups is 1. The number of primary amides is 1. The summed E-state index contributed by atoms with van der Waals surface area (Å²) < 4.78 is 5.26. The van der Waals surface area contributed by atoms with Crippen LogP contribution in [0.5, 0.6) is 5.75 Å². The summed E-state index contributed by atoms with van der Waals surface area (Å²) in [6.07, 6.45) is 2.44. The average molecular weight is 291 g/mol. The maximum absolute atomic E-state index is 10.7. The molecule has 0 aromatic heterocycles. The van der Waals surface area contributed by atoms with E-state index in [4.69, 9.17) is 16.2 Å². The van der Waals surface area contributed by atoms with E-state index >= 15 is 0 Å². The van der Waals surface area contributed by atoms with Gasteiger partial charge < -0.3 is 16.2 Å². The van der Waals surface area contributed by atoms with Gasteiger partial charge in [-0.3, -0.25) is 9.69 Å². The van der Waals surface area contributed by atoms with Crippen molar-refractivity contribution in [1.29, 1.82) is 0 Å². The molecule has 5 heteroatoms. The summed E-state index contributed by atoms with van der Waals surface area (Å²) in [6.45, 7) is 5.14. The first-order valence-electron chi connectivity index (χ1n) is 7.52. The summed E-state index contributed by atoms with van der Waals surface area (Å²) in [6, 6.07) is 8.09. The monoisotopic (exact) mass is 291 g/mol. The Morgan fingerprint density at radius 2 is 2.14 bits per heavy atom. The molecular formula is C16H25N3O2. The summed E-state index contributed by atoms with van der Waals surface area (Å²) >= 11 is 0. The smallest absolute Gasteiger partial charge is 0.255 e. The van der Waals surface area contributed by atoms with Crippen LogP contribution in [-0.4, -0.2) is 36.5 Å². The summed E-state index contributed by atoms with van der Waals surface area (Å²) in [4.78, 5) is 13.1. The van der Waals surface area contributed by atoms with Gasteiger partial charge in [-0.15, -0.1) is 0 Å². The van der Waals surface area contributed by atoms with Gasteiger partial charge in [-0.1, -0.05) is 12.1 Å². The molecule has 0 aliphatic carbocycles. The van der Waals surface area contributed by atoms with Crippen LogP contribution < -0.4 is 16.2 Å². The summed E-state index contributed by atoms with van der Waals surface area (Å²) in [5, 5.41) is 0. The van der Waals surface area contributed by atoms with Gasteiger partial charge in [0.05, 0.1) is 0 Å². The second-order valence-corrected chi connectivity index (χ2v) is 5.90. The van der Waals surface area contributed by atoms with E-state index in [9.17, 15) is 4.79 Å². The van der Waals surface area contributed by atoms with Crippen LogP contribution in [0.1, 0.15) is 25.3 Å². The van der Waals surface area contributed by atoms with Gasteiger partial charge in [-0.2, -0.15) is 0 Å². The second kappa shape index (κ2) is 7.43. The van der Waals surface area contributed by atoms with Gasteiger partial charge in [0.1, 0.15) is 5.75 Å². The van der Waals surface area contributed by atoms with E-state index in [1.165, 1.54) is 18.4 Å². The summed E-state index contributed by atoms with van der Waals surface area (Å²) in [5.74, 6) is 0.802. The van der Waals surface area contributed by atoms with Crippen LogP contribution in [-0.2, 0) is 11.3 Å². The van der Waals surface area contributed by atoms with Crippen molar-refractivity contribution < 1.29 is 9.53 Å². The molecule has 1 saturated heterocycles. The number of hydrogen-bond donors (Lipinski definition) is 2. The largest absolute Gasteiger partial charge is 0.484 e. The van der Waals surface area contributed by atoms with Crippen LogP contribution in [0.25, 0.3) is 0 Å². The maximum atomic E-state index is 10.7. The lowest BCUT2D eigenvalue weighted by Crippen LogP contribution is -2.41. The van der Waals surface area contributed by atoms with E-state index in [0.717, 1.165) is 19.6 Å². The average Bonchev–Trinajstić information content (AvgIpc) is 2.47. The predicted octanol–water partition coefficient (Wildman–Crippen LogP) is 1.11. The molecule has 1 fully saturated rings. The Kier molecular flexibility index (Phi) is 5.59. The van der Waals surface area contributed by atoms with Crippen LogP contribution in [0.4, 0.5) is 0 Å². The third kappa shape index (κ3) is 5.02. The summed E-state index contributed by atoms with van der Waals surface area (Å²) in [7, 11) is 0. The third-order valence-electron chi connectivity index (χ3n) is 4.00. The maximum Gasteiger partial charge on any atom is 0.255 e. The number of carbonyl (C=O) groups excluding carboxylic acids is 1. The molecule has 1 aliphatic heterocycles. The van der Waals surface area contributed by atoms with Gasteiger partial charge in [0.15, 0.2) is 6.61 Å². The molecule has 116 valence electrons. The van der Waals surface area contributed by atoms with E-state index in [2.05, 4.69) is 11.8 Å². The number of ether oxygens (including phenoxy) is 1. The zero-order chi connectivity index (χ0) is 15.2. The number of nitrogens with zero attached hydrogens (tertiary/aromatic N) is 1. The molecule has 2 unspecified atom stereocenters. The van der Waals surface area contributed by atoms with Crippen LogP contribution in [0.3, 0.4) is 0 Å². The fraction of sp³-hybridized carbons (Fsp3) is 0.562. The van der Waals surface area contributed by atoms with Gasteiger partial charge in [0.25, 0.3) is 5.91 Å². The number of rotatable bonds is 6. The second-order valence-electron chi connectivity index (χ2n) is 5.90. The minimum Gasteiger partial charge on any atom is -0.484 e. The van der Waals surface area contributed by atoms with Crippen molar-refractivity contribution >= 4 is 5.91 Å². The van der Waals surface area contributed by atoms with Gasteiger partial charge >= 0.3 is 0 Å². The molecule has 5 nitrogen and oxygen atoms in total. The lowest BCUT2D eigenvalue weighted by atomic mass is 9.92. The fourth-order valence-electron chi connectivity index (χ4n) is 2.77. The standard InChI is InChI=1S/C16H25N3O2/c1-12(17)14-3-2-8-19(10-14)9-13-4-6-15(7-5-13)21-11-16(18)20/h4-7,12,14H,2-3,8-11,17H2,1H3,(H2,18,20). The van der Waals surface area contributed by atoms with Gasteiger partial charge in [-0.25, -0.2) is 0 Å². The molecule has 1 aromatic carbocycles. The Balaban J connectivity index is 1.86. The van der Waals surface area contributed by atoms with Crippen molar-refractivity contribution in [1.82, 2.24) is 4.90 Å². The van der Waals surface area contributed by atoms with E-state index in [1.807, 2.05) is 24.3 Å². The van der Waals surface area contributed by atoms with Crippen LogP contribution >= 0.6 is 0 Å². The summed E-state index contributed by atoms with van der Waals surface area (Å²) in [5.41, 5.74) is 12.3. The quantitative estimate of drug-likeness (QED) is 0.822. The Hall–Kier alpha value is -1.59. The lowest BCUT2D eigenvalue weighted by Gasteiger charge is -2.34. The molecule has 1 amide bonds. The molecule has 21 heavy (non-hydrogen) atoms. The molecule has 2 rings (SSSR count). The molecule has 1 aromatic rings. The first kappa shape index (κ1) is 15.8. The number of hydrogen-bond acceptors (Lipinski definition) is 4. The Morgan fingerprint density at radius 1 is 1.43 bits per heavy atom. The molecule has 1 heterocycles. The molecule has 0 spiro atoms. The van der Waals surface area contributed by atoms with E-state index in [1.54, 1.807) is 0 Å². The predicted molar refractivity (Wildman–Crippen MR) is 82.8 cm³/mol. The number of nitrogens with two attached hydrogens (primary N) is 2. The van der Waals surface area contributed by atoms with Gasteiger partial charge in [0.2, 0.25) is 0 Å². The van der Waals surface area contributed by atoms with Crippen LogP contribution in [0.15, 0.2) is 24.3 Å². The normalized spacial score (nSPS) is 21.0. The highest BCUT2D eigenvalue weighted by Gasteiger charge is 2.22. The van der Waals surface area contributed by atoms with Crippen molar-refractivity contribution in [3.8, 4) is 5.75 Å². The first-order chi connectivity index (χ1) is 10.0. The van der Waals surface area contributed by atoms with Crippen molar-refractivity contribution in [2.75, 3.05) is 19.7 Å². The topological polar surface area (TPSA) is 81.6 Å². The Bertz CT molecular complexity index is 459. The SMILES string of the molecule is CC(N)C1CCCN(Cc2ccc(OCC(N)=O)cc2)C1. The Labute approximate surface area is 126 Å². The zero-order valence-electron chi connectivity index (χ0n) is 12.6. The van der Waals surface area contributed by atoms with Crippen molar-refractivity contribution in [3.05, 3.63) is 29.8 Å². The van der Waals surface area contributed by atoms with Crippen molar-refractivity contribution in [2.24, 2.45) is 17.4 Å². The highest BCUT2D eigenvalue weighted by Crippen LogP contribution is 2.21. The number of benzene rings is 1. The van der Waals surface area contributed by atoms with Gasteiger partial charge in [0, 0.05) is 19.1 Å². The van der Waals surface area contributed by atoms with E-state index < -0.39 is 5.91 Å². The van der Waals surface area contributed by atoms with Gasteiger partial charge in [-0.05, 0) is 49.9 Å². The number of amides is 1. The molecule has 0 saturated carbocycles. The molecule has 2 atom stereocenters. The molecule has 4 N–H and O–H groups in total. The Morgan fingerprint density at radius 3 is 2.76 bits per heavy atom. The number of piperidine rings is 1. The van der Waals surface area contributed by atoms with Crippen LogP contribution in [0, 0.1) is 5.92 Å². The van der Waals surface area contributed by atoms with E-state index in [0.29, 0.717) is 11.7 Å². The molecular weight excluding hydrogens is 266 g/mol. The lowest BCUT2D eigenvalue weighted by molar-refractivity contribution is -0.119. The third-order valence-corrected chi connectivity index (χ3v) is 4.00. The van der Waals surface area contributed by atoms with Crippen LogP contribution in [0.2, 0.25) is 0 Å². The fourth-order valence-corrected chi connectivity index (χ4v) is 2.77. The highest BCUT2D eigenvalue weighted by atomic mass is 16.5.